The third-order valence-corrected chi connectivity index (χ3v) is 4.89. The monoisotopic (exact) mass is 427 g/mol. The lowest BCUT2D eigenvalue weighted by Crippen LogP contribution is -2.44. The minimum Gasteiger partial charge on any atom is -0.466 e. The molecule has 2 rings (SSSR count). The summed E-state index contributed by atoms with van der Waals surface area (Å²) >= 11 is 0. The highest BCUT2D eigenvalue weighted by molar-refractivity contribution is 6.35. The van der Waals surface area contributed by atoms with Gasteiger partial charge in [0.2, 0.25) is 0 Å². The first-order valence-electron chi connectivity index (χ1n) is 10.5. The van der Waals surface area contributed by atoms with Crippen molar-refractivity contribution in [2.45, 2.75) is 39.2 Å². The zero-order chi connectivity index (χ0) is 22.5. The van der Waals surface area contributed by atoms with E-state index in [-0.39, 0.29) is 13.2 Å². The van der Waals surface area contributed by atoms with E-state index in [1.807, 2.05) is 24.3 Å². The Bertz CT molecular complexity index is 855. The van der Waals surface area contributed by atoms with E-state index in [1.165, 1.54) is 30.4 Å². The van der Waals surface area contributed by atoms with Crippen LogP contribution in [0.3, 0.4) is 0 Å². The van der Waals surface area contributed by atoms with Gasteiger partial charge in [0.05, 0.1) is 12.2 Å². The zero-order valence-corrected chi connectivity index (χ0v) is 18.2. The fourth-order valence-electron chi connectivity index (χ4n) is 2.97. The number of anilines is 1. The van der Waals surface area contributed by atoms with Crippen LogP contribution in [0.15, 0.2) is 48.8 Å². The Hall–Kier alpha value is -3.42. The summed E-state index contributed by atoms with van der Waals surface area (Å²) in [5.74, 6) is -1.51. The molecule has 1 aromatic carbocycles. The topological polar surface area (TPSA) is 91.6 Å². The van der Waals surface area contributed by atoms with E-state index in [0.717, 1.165) is 30.6 Å². The quantitative estimate of drug-likeness (QED) is 0.177. The lowest BCUT2D eigenvalue weighted by atomic mass is 10.0. The summed E-state index contributed by atoms with van der Waals surface area (Å²) in [4.78, 5) is 35.5. The van der Waals surface area contributed by atoms with Crippen LogP contribution in [0.5, 0.6) is 0 Å². The lowest BCUT2D eigenvalue weighted by molar-refractivity contribution is -0.697. The molecule has 166 valence electrons. The predicted octanol–water partition coefficient (Wildman–Crippen LogP) is 1.63. The molecule has 1 aromatic heterocycles. The van der Waals surface area contributed by atoms with Crippen molar-refractivity contribution >= 4 is 24.0 Å². The maximum absolute atomic E-state index is 12.1. The molecule has 2 N–H and O–H groups in total. The van der Waals surface area contributed by atoms with E-state index in [4.69, 9.17) is 0 Å². The van der Waals surface area contributed by atoms with Gasteiger partial charge in [-0.2, -0.15) is 0 Å². The van der Waals surface area contributed by atoms with Crippen LogP contribution in [0.4, 0.5) is 5.69 Å². The summed E-state index contributed by atoms with van der Waals surface area (Å²) in [5.41, 5.74) is 8.30. The van der Waals surface area contributed by atoms with Gasteiger partial charge in [0.1, 0.15) is 13.2 Å². The highest BCUT2D eigenvalue weighted by atomic mass is 16.5. The maximum Gasteiger partial charge on any atom is 0.327 e. The number of carbonyl (C=O) groups is 3. The van der Waals surface area contributed by atoms with Crippen LogP contribution in [0.2, 0.25) is 0 Å². The molecule has 0 spiro atoms. The Kier molecular flexibility index (Phi) is 10.0. The molecule has 0 aliphatic rings. The summed E-state index contributed by atoms with van der Waals surface area (Å²) in [5, 5.41) is 0. The number of hydrazine groups is 1. The lowest BCUT2D eigenvalue weighted by Gasteiger charge is -2.17. The molecule has 1 heterocycles. The van der Waals surface area contributed by atoms with Gasteiger partial charge < -0.3 is 9.64 Å². The van der Waals surface area contributed by atoms with E-state index in [9.17, 15) is 14.4 Å². The van der Waals surface area contributed by atoms with Gasteiger partial charge in [0, 0.05) is 25.6 Å². The normalized spacial score (nSPS) is 10.3. The third kappa shape index (κ3) is 8.08. The number of rotatable bonds is 12. The summed E-state index contributed by atoms with van der Waals surface area (Å²) in [6, 6.07) is 11.9. The maximum atomic E-state index is 12.1. The molecule has 0 saturated carbocycles. The molecule has 2 amide bonds. The Morgan fingerprint density at radius 3 is 2.58 bits per heavy atom. The number of hydrogen-bond acceptors (Lipinski definition) is 5. The van der Waals surface area contributed by atoms with Crippen molar-refractivity contribution in [3.05, 3.63) is 59.9 Å². The number of aromatic nitrogens is 1. The number of unbranched alkanes of at least 4 members (excludes halogenated alkanes) is 1. The van der Waals surface area contributed by atoms with Crippen LogP contribution >= 0.6 is 0 Å². The average molecular weight is 428 g/mol. The number of aryl methyl sites for hydroxylation is 3. The number of nitrogens with one attached hydrogen (secondary N) is 2. The van der Waals surface area contributed by atoms with Crippen LogP contribution in [-0.2, 0) is 38.5 Å². The predicted molar refractivity (Wildman–Crippen MR) is 117 cm³/mol. The summed E-state index contributed by atoms with van der Waals surface area (Å²) in [6.45, 7) is 3.68. The summed E-state index contributed by atoms with van der Waals surface area (Å²) in [6.07, 6.45) is 8.20. The Labute approximate surface area is 183 Å². The number of likely N-dealkylation sites (N-methyl/N-ethyl adjacent to an activating group) is 1. The first-order chi connectivity index (χ1) is 15.0. The number of ether oxygens (including phenoxy) is 1. The molecule has 0 aliphatic heterocycles. The molecule has 2 aromatic rings. The molecule has 0 atom stereocenters. The smallest absolute Gasteiger partial charge is 0.327 e. The van der Waals surface area contributed by atoms with E-state index in [1.54, 1.807) is 0 Å². The Morgan fingerprint density at radius 1 is 1.13 bits per heavy atom. The van der Waals surface area contributed by atoms with Crippen LogP contribution in [-0.4, -0.2) is 43.4 Å². The standard InChI is InChI=1S/C23H30N4O4/c1-3-4-13-27-14-11-19(12-15-27)9-10-20-7-5-6-8-21(20)24-25-22(29)23(30)26(2)16-17-31-18-28/h5-8,11-12,14-15,18H,3-4,9-10,13,16-17H2,1-2H3,(H-,24,25,29,30)/p+1. The molecule has 0 aliphatic carbocycles. The number of benzene rings is 1. The summed E-state index contributed by atoms with van der Waals surface area (Å²) < 4.78 is 6.73. The van der Waals surface area contributed by atoms with Crippen molar-refractivity contribution < 1.29 is 23.7 Å². The van der Waals surface area contributed by atoms with Crippen molar-refractivity contribution in [3.8, 4) is 0 Å². The molecule has 8 heteroatoms. The number of amides is 2. The fraction of sp³-hybridized carbons (Fsp3) is 0.391. The molecule has 0 fully saturated rings. The zero-order valence-electron chi connectivity index (χ0n) is 18.2. The van der Waals surface area contributed by atoms with Crippen molar-refractivity contribution in [1.29, 1.82) is 0 Å². The van der Waals surface area contributed by atoms with Crippen molar-refractivity contribution in [3.63, 3.8) is 0 Å². The van der Waals surface area contributed by atoms with E-state index in [0.29, 0.717) is 6.47 Å². The van der Waals surface area contributed by atoms with Gasteiger partial charge in [0.25, 0.3) is 6.47 Å². The van der Waals surface area contributed by atoms with Gasteiger partial charge >= 0.3 is 11.8 Å². The Morgan fingerprint density at radius 2 is 1.87 bits per heavy atom. The largest absolute Gasteiger partial charge is 0.466 e. The average Bonchev–Trinajstić information content (AvgIpc) is 2.80. The molecule has 0 saturated heterocycles. The second kappa shape index (κ2) is 13.0. The SMILES string of the molecule is CCCC[n+]1ccc(CCc2ccccc2NNC(=O)C(=O)N(C)CCOC=O)cc1. The van der Waals surface area contributed by atoms with Crippen LogP contribution in [0.1, 0.15) is 30.9 Å². The van der Waals surface area contributed by atoms with Gasteiger partial charge in [0.15, 0.2) is 12.4 Å². The van der Waals surface area contributed by atoms with Gasteiger partial charge in [-0.25, -0.2) is 4.57 Å². The summed E-state index contributed by atoms with van der Waals surface area (Å²) in [7, 11) is 1.47. The van der Waals surface area contributed by atoms with Crippen molar-refractivity contribution in [2.24, 2.45) is 0 Å². The number of nitrogens with zero attached hydrogens (tertiary/aromatic N) is 2. The van der Waals surface area contributed by atoms with Gasteiger partial charge in [-0.3, -0.25) is 25.2 Å². The molecule has 0 bridgehead atoms. The van der Waals surface area contributed by atoms with Crippen molar-refractivity contribution in [1.82, 2.24) is 10.3 Å². The van der Waals surface area contributed by atoms with E-state index < -0.39 is 11.8 Å². The minimum atomic E-state index is -0.789. The Balaban J connectivity index is 1.88. The van der Waals surface area contributed by atoms with Crippen LogP contribution in [0.25, 0.3) is 0 Å². The second-order valence-electron chi connectivity index (χ2n) is 7.23. The van der Waals surface area contributed by atoms with Crippen LogP contribution < -0.4 is 15.4 Å². The molecular formula is C23H31N4O4+. The van der Waals surface area contributed by atoms with Crippen LogP contribution in [0, 0.1) is 0 Å². The number of para-hydroxylation sites is 1. The number of pyridine rings is 1. The molecule has 8 nitrogen and oxygen atoms in total. The molecule has 0 unspecified atom stereocenters. The number of carbonyl (C=O) groups excluding carboxylic acids is 3. The minimum absolute atomic E-state index is 0.0351. The molecular weight excluding hydrogens is 396 g/mol. The highest BCUT2D eigenvalue weighted by Gasteiger charge is 2.18. The van der Waals surface area contributed by atoms with Gasteiger partial charge in [-0.15, -0.1) is 0 Å². The fourth-order valence-corrected chi connectivity index (χ4v) is 2.97. The highest BCUT2D eigenvalue weighted by Crippen LogP contribution is 2.16. The van der Waals surface area contributed by atoms with Gasteiger partial charge in [-0.1, -0.05) is 31.5 Å². The molecule has 0 radical (unpaired) electrons. The van der Waals surface area contributed by atoms with E-state index in [2.05, 4.69) is 51.6 Å². The third-order valence-electron chi connectivity index (χ3n) is 4.89. The second-order valence-corrected chi connectivity index (χ2v) is 7.23. The van der Waals surface area contributed by atoms with E-state index >= 15 is 0 Å². The first-order valence-corrected chi connectivity index (χ1v) is 10.5. The van der Waals surface area contributed by atoms with Gasteiger partial charge in [-0.05, 0) is 30.0 Å². The number of hydrogen-bond donors (Lipinski definition) is 2. The first kappa shape index (κ1) is 23.9. The molecule has 31 heavy (non-hydrogen) atoms. The van der Waals surface area contributed by atoms with Crippen molar-refractivity contribution in [2.75, 3.05) is 25.6 Å².